The highest BCUT2D eigenvalue weighted by molar-refractivity contribution is 6.11. The summed E-state index contributed by atoms with van der Waals surface area (Å²) in [4.78, 5) is 7.05. The molecule has 0 bridgehead atoms. The third kappa shape index (κ3) is 7.33. The van der Waals surface area contributed by atoms with Crippen LogP contribution in [0.2, 0.25) is 0 Å². The van der Waals surface area contributed by atoms with Crippen molar-refractivity contribution in [1.29, 1.82) is 0 Å². The fourth-order valence-corrected chi connectivity index (χ4v) is 9.00. The van der Waals surface area contributed by atoms with Gasteiger partial charge in [-0.2, -0.15) is 0 Å². The molecule has 11 rings (SSSR count). The molecule has 4 heteroatoms. The van der Waals surface area contributed by atoms with Crippen LogP contribution in [-0.2, 0) is 0 Å². The van der Waals surface area contributed by atoms with Crippen molar-refractivity contribution in [2.75, 3.05) is 14.7 Å². The van der Waals surface area contributed by atoms with E-state index in [2.05, 4.69) is 286 Å². The zero-order valence-corrected chi connectivity index (χ0v) is 35.2. The fourth-order valence-electron chi connectivity index (χ4n) is 9.00. The van der Waals surface area contributed by atoms with Crippen LogP contribution in [0.4, 0.5) is 51.2 Å². The molecule has 0 amide bonds. The molecule has 0 unspecified atom stereocenters. The van der Waals surface area contributed by atoms with E-state index in [1.54, 1.807) is 0 Å². The molecule has 4 nitrogen and oxygen atoms in total. The van der Waals surface area contributed by atoms with Crippen molar-refractivity contribution < 1.29 is 0 Å². The van der Waals surface area contributed by atoms with E-state index in [1.807, 2.05) is 0 Å². The highest BCUT2D eigenvalue weighted by atomic mass is 15.2. The summed E-state index contributed by atoms with van der Waals surface area (Å²) in [7, 11) is 0. The zero-order chi connectivity index (χ0) is 42.7. The second-order valence-electron chi connectivity index (χ2n) is 15.9. The number of aromatic nitrogens is 1. The van der Waals surface area contributed by atoms with E-state index < -0.39 is 0 Å². The van der Waals surface area contributed by atoms with Crippen LogP contribution >= 0.6 is 0 Å². The van der Waals surface area contributed by atoms with Gasteiger partial charge in [-0.05, 0) is 132 Å². The molecule has 1 heterocycles. The van der Waals surface area contributed by atoms with Crippen LogP contribution in [0.5, 0.6) is 0 Å². The molecule has 0 fully saturated rings. The van der Waals surface area contributed by atoms with Crippen molar-refractivity contribution in [2.45, 2.75) is 0 Å². The maximum absolute atomic E-state index is 2.40. The summed E-state index contributed by atoms with van der Waals surface area (Å²) in [6.45, 7) is 0. The van der Waals surface area contributed by atoms with Gasteiger partial charge in [-0.25, -0.2) is 0 Å². The predicted octanol–water partition coefficient (Wildman–Crippen LogP) is 16.9. The minimum atomic E-state index is 1.04. The van der Waals surface area contributed by atoms with Crippen LogP contribution in [-0.4, -0.2) is 4.57 Å². The second-order valence-corrected chi connectivity index (χ2v) is 15.9. The van der Waals surface area contributed by atoms with E-state index in [1.165, 1.54) is 27.4 Å². The number of para-hydroxylation sites is 5. The molecular weight excluding hydrogens is 777 g/mol. The molecule has 0 saturated heterocycles. The Morgan fingerprint density at radius 2 is 0.562 bits per heavy atom. The lowest BCUT2D eigenvalue weighted by Crippen LogP contribution is -2.14. The van der Waals surface area contributed by atoms with E-state index in [-0.39, 0.29) is 0 Å². The predicted molar refractivity (Wildman–Crippen MR) is 270 cm³/mol. The SMILES string of the molecule is c1ccc(-c2ccc(-n3c4ccccc4c4cc(N(c5cccc(N(c6ccccc6)c6ccccc6)c5)c5cccc(N(c6ccccc6)c6ccccc6)c5)ccc43)cc2)cc1. The number of nitrogens with zero attached hydrogens (tertiary/aromatic N) is 4. The standard InChI is InChI=1S/C60H44N4/c1-6-20-45(21-7-1)46-36-38-51(39-37-46)64-59-35-17-16-34-57(59)58-44-56(40-41-60(58)64)63(54-32-18-30-52(42-54)61(47-22-8-2-9-23-47)48-24-10-3-11-25-48)55-33-19-31-53(43-55)62(49-26-12-4-13-27-49)50-28-14-5-15-29-50/h1-44H. The van der Waals surface area contributed by atoms with Gasteiger partial charge in [0.05, 0.1) is 11.0 Å². The summed E-state index contributed by atoms with van der Waals surface area (Å²) in [5.74, 6) is 0. The Labute approximate surface area is 374 Å². The second kappa shape index (κ2) is 17.0. The molecule has 1 aromatic heterocycles. The summed E-state index contributed by atoms with van der Waals surface area (Å²) < 4.78 is 2.39. The normalized spacial score (nSPS) is 11.1. The molecule has 0 aliphatic carbocycles. The third-order valence-electron chi connectivity index (χ3n) is 11.9. The molecule has 11 aromatic rings. The number of anilines is 9. The maximum Gasteiger partial charge on any atom is 0.0542 e. The molecule has 0 N–H and O–H groups in total. The van der Waals surface area contributed by atoms with Gasteiger partial charge in [0.25, 0.3) is 0 Å². The lowest BCUT2D eigenvalue weighted by molar-refractivity contribution is 1.18. The van der Waals surface area contributed by atoms with Crippen LogP contribution in [0.15, 0.2) is 267 Å². The Bertz CT molecular complexity index is 3110. The van der Waals surface area contributed by atoms with Crippen molar-refractivity contribution in [3.8, 4) is 16.8 Å². The van der Waals surface area contributed by atoms with Gasteiger partial charge in [0.1, 0.15) is 0 Å². The third-order valence-corrected chi connectivity index (χ3v) is 11.9. The van der Waals surface area contributed by atoms with Gasteiger partial charge in [-0.1, -0.05) is 146 Å². The lowest BCUT2D eigenvalue weighted by Gasteiger charge is -2.31. The van der Waals surface area contributed by atoms with Gasteiger partial charge in [0.2, 0.25) is 0 Å². The monoisotopic (exact) mass is 820 g/mol. The molecule has 0 radical (unpaired) electrons. The Balaban J connectivity index is 1.10. The molecule has 0 atom stereocenters. The zero-order valence-electron chi connectivity index (χ0n) is 35.2. The van der Waals surface area contributed by atoms with Crippen LogP contribution < -0.4 is 14.7 Å². The van der Waals surface area contributed by atoms with Crippen molar-refractivity contribution in [2.24, 2.45) is 0 Å². The molecule has 0 aliphatic rings. The van der Waals surface area contributed by atoms with Crippen LogP contribution in [0.3, 0.4) is 0 Å². The van der Waals surface area contributed by atoms with Gasteiger partial charge >= 0.3 is 0 Å². The Hall–Kier alpha value is -8.60. The molecule has 10 aromatic carbocycles. The van der Waals surface area contributed by atoms with Gasteiger partial charge < -0.3 is 19.3 Å². The Kier molecular flexibility index (Phi) is 10.2. The number of hydrogen-bond acceptors (Lipinski definition) is 3. The maximum atomic E-state index is 2.40. The van der Waals surface area contributed by atoms with Crippen molar-refractivity contribution in [1.82, 2.24) is 4.57 Å². The van der Waals surface area contributed by atoms with Crippen LogP contribution in [0, 0.1) is 0 Å². The minimum absolute atomic E-state index is 1.04. The number of benzene rings is 10. The largest absolute Gasteiger partial charge is 0.310 e. The van der Waals surface area contributed by atoms with Crippen molar-refractivity contribution in [3.63, 3.8) is 0 Å². The quantitative estimate of drug-likeness (QED) is 0.129. The molecule has 0 aliphatic heterocycles. The summed E-state index contributed by atoms with van der Waals surface area (Å²) in [5, 5.41) is 2.38. The molecule has 304 valence electrons. The first-order valence-corrected chi connectivity index (χ1v) is 21.8. The van der Waals surface area contributed by atoms with Gasteiger partial charge in [0, 0.05) is 67.6 Å². The highest BCUT2D eigenvalue weighted by Gasteiger charge is 2.21. The first kappa shape index (κ1) is 38.3. The number of rotatable bonds is 11. The topological polar surface area (TPSA) is 14.7 Å². The summed E-state index contributed by atoms with van der Waals surface area (Å²) in [6.07, 6.45) is 0. The van der Waals surface area contributed by atoms with E-state index >= 15 is 0 Å². The van der Waals surface area contributed by atoms with Gasteiger partial charge in [0.15, 0.2) is 0 Å². The summed E-state index contributed by atoms with van der Waals surface area (Å²) >= 11 is 0. The Morgan fingerprint density at radius 1 is 0.219 bits per heavy atom. The molecular formula is C60H44N4. The summed E-state index contributed by atoms with van der Waals surface area (Å²) in [5.41, 5.74) is 15.5. The van der Waals surface area contributed by atoms with Crippen molar-refractivity contribution in [3.05, 3.63) is 267 Å². The highest BCUT2D eigenvalue weighted by Crippen LogP contribution is 2.44. The first-order chi connectivity index (χ1) is 31.8. The van der Waals surface area contributed by atoms with E-state index in [4.69, 9.17) is 0 Å². The molecule has 64 heavy (non-hydrogen) atoms. The van der Waals surface area contributed by atoms with Gasteiger partial charge in [-0.3, -0.25) is 0 Å². The fraction of sp³-hybridized carbons (Fsp3) is 0. The number of hydrogen-bond donors (Lipinski definition) is 0. The van der Waals surface area contributed by atoms with E-state index in [9.17, 15) is 0 Å². The van der Waals surface area contributed by atoms with Crippen molar-refractivity contribution >= 4 is 73.0 Å². The smallest absolute Gasteiger partial charge is 0.0542 e. The van der Waals surface area contributed by atoms with Crippen LogP contribution in [0.25, 0.3) is 38.6 Å². The molecule has 0 spiro atoms. The first-order valence-electron chi connectivity index (χ1n) is 21.8. The van der Waals surface area contributed by atoms with E-state index in [0.29, 0.717) is 0 Å². The van der Waals surface area contributed by atoms with E-state index in [0.717, 1.165) is 62.4 Å². The number of fused-ring (bicyclic) bond motifs is 3. The lowest BCUT2D eigenvalue weighted by atomic mass is 10.1. The minimum Gasteiger partial charge on any atom is -0.310 e. The average Bonchev–Trinajstić information content (AvgIpc) is 3.70. The Morgan fingerprint density at radius 3 is 1.03 bits per heavy atom. The van der Waals surface area contributed by atoms with Crippen LogP contribution in [0.1, 0.15) is 0 Å². The summed E-state index contributed by atoms with van der Waals surface area (Å²) in [6, 6.07) is 95.4. The average molecular weight is 821 g/mol. The molecule has 0 saturated carbocycles. The van der Waals surface area contributed by atoms with Gasteiger partial charge in [-0.15, -0.1) is 0 Å².